The number of hydrogen-bond donors (Lipinski definition) is 1. The Morgan fingerprint density at radius 3 is 2.58 bits per heavy atom. The van der Waals surface area contributed by atoms with E-state index >= 15 is 0 Å². The van der Waals surface area contributed by atoms with Gasteiger partial charge in [-0.1, -0.05) is 12.1 Å². The highest BCUT2D eigenvalue weighted by atomic mass is 16.5. The molecule has 0 radical (unpaired) electrons. The van der Waals surface area contributed by atoms with Crippen LogP contribution in [0.25, 0.3) is 0 Å². The number of nitrogens with zero attached hydrogens (tertiary/aromatic N) is 2. The van der Waals surface area contributed by atoms with Gasteiger partial charge in [-0.25, -0.2) is 0 Å². The van der Waals surface area contributed by atoms with Crippen LogP contribution in [0, 0.1) is 6.92 Å². The lowest BCUT2D eigenvalue weighted by Gasteiger charge is -2.13. The average Bonchev–Trinajstić information content (AvgIpc) is 2.78. The molecule has 1 unspecified atom stereocenters. The molecule has 2 aromatic rings. The number of ether oxygens (including phenoxy) is 1. The SMILES string of the molecule is CCn1nc(C)cc1CC(N)c1ccc(OC)cc1. The Morgan fingerprint density at radius 1 is 1.32 bits per heavy atom. The van der Waals surface area contributed by atoms with E-state index < -0.39 is 0 Å². The Bertz CT molecular complexity index is 531. The van der Waals surface area contributed by atoms with E-state index in [-0.39, 0.29) is 6.04 Å². The van der Waals surface area contributed by atoms with Gasteiger partial charge in [0.15, 0.2) is 0 Å². The highest BCUT2D eigenvalue weighted by Gasteiger charge is 2.11. The predicted molar refractivity (Wildman–Crippen MR) is 76.3 cm³/mol. The van der Waals surface area contributed by atoms with Crippen molar-refractivity contribution >= 4 is 0 Å². The van der Waals surface area contributed by atoms with E-state index in [1.807, 2.05) is 35.9 Å². The molecule has 2 rings (SSSR count). The molecule has 1 heterocycles. The molecule has 0 bridgehead atoms. The molecule has 4 nitrogen and oxygen atoms in total. The molecule has 0 aliphatic rings. The summed E-state index contributed by atoms with van der Waals surface area (Å²) in [5, 5.41) is 4.44. The summed E-state index contributed by atoms with van der Waals surface area (Å²) < 4.78 is 7.16. The minimum absolute atomic E-state index is 0.0210. The standard InChI is InChI=1S/C15H21N3O/c1-4-18-13(9-11(2)17-18)10-15(16)12-5-7-14(19-3)8-6-12/h5-9,15H,4,10,16H2,1-3H3. The first-order valence-corrected chi connectivity index (χ1v) is 6.57. The van der Waals surface area contributed by atoms with Crippen molar-refractivity contribution in [2.24, 2.45) is 5.73 Å². The smallest absolute Gasteiger partial charge is 0.118 e. The van der Waals surface area contributed by atoms with Crippen LogP contribution in [0.5, 0.6) is 5.75 Å². The molecule has 2 N–H and O–H groups in total. The lowest BCUT2D eigenvalue weighted by molar-refractivity contribution is 0.414. The van der Waals surface area contributed by atoms with Gasteiger partial charge in [0.1, 0.15) is 5.75 Å². The van der Waals surface area contributed by atoms with E-state index in [1.54, 1.807) is 7.11 Å². The van der Waals surface area contributed by atoms with Gasteiger partial charge < -0.3 is 10.5 Å². The molecule has 4 heteroatoms. The molecular weight excluding hydrogens is 238 g/mol. The van der Waals surface area contributed by atoms with Crippen LogP contribution in [0.15, 0.2) is 30.3 Å². The Morgan fingerprint density at radius 2 is 2.00 bits per heavy atom. The van der Waals surface area contributed by atoms with Crippen LogP contribution in [-0.2, 0) is 13.0 Å². The summed E-state index contributed by atoms with van der Waals surface area (Å²) in [5.74, 6) is 0.852. The second-order valence-corrected chi connectivity index (χ2v) is 4.68. The summed E-state index contributed by atoms with van der Waals surface area (Å²) in [6.07, 6.45) is 0.793. The van der Waals surface area contributed by atoms with Crippen molar-refractivity contribution < 1.29 is 4.74 Å². The van der Waals surface area contributed by atoms with Crippen LogP contribution < -0.4 is 10.5 Å². The highest BCUT2D eigenvalue weighted by molar-refractivity contribution is 5.29. The fourth-order valence-corrected chi connectivity index (χ4v) is 2.23. The zero-order chi connectivity index (χ0) is 13.8. The third-order valence-corrected chi connectivity index (χ3v) is 3.26. The van der Waals surface area contributed by atoms with Gasteiger partial charge in [0.2, 0.25) is 0 Å². The molecule has 0 saturated heterocycles. The third kappa shape index (κ3) is 3.15. The molecule has 0 amide bonds. The van der Waals surface area contributed by atoms with Crippen molar-refractivity contribution in [1.29, 1.82) is 0 Å². The fraction of sp³-hybridized carbons (Fsp3) is 0.400. The molecule has 0 fully saturated rings. The second-order valence-electron chi connectivity index (χ2n) is 4.68. The third-order valence-electron chi connectivity index (χ3n) is 3.26. The van der Waals surface area contributed by atoms with Gasteiger partial charge >= 0.3 is 0 Å². The number of benzene rings is 1. The number of aromatic nitrogens is 2. The molecule has 0 aliphatic carbocycles. The van der Waals surface area contributed by atoms with E-state index in [0.717, 1.165) is 30.0 Å². The molecular formula is C15H21N3O. The molecule has 0 spiro atoms. The van der Waals surface area contributed by atoms with Crippen LogP contribution in [0.4, 0.5) is 0 Å². The predicted octanol–water partition coefficient (Wildman–Crippen LogP) is 2.46. The molecule has 102 valence electrons. The summed E-state index contributed by atoms with van der Waals surface area (Å²) in [6.45, 7) is 4.97. The summed E-state index contributed by atoms with van der Waals surface area (Å²) >= 11 is 0. The van der Waals surface area contributed by atoms with E-state index in [2.05, 4.69) is 18.1 Å². The fourth-order valence-electron chi connectivity index (χ4n) is 2.23. The lowest BCUT2D eigenvalue weighted by atomic mass is 10.0. The summed E-state index contributed by atoms with van der Waals surface area (Å²) in [4.78, 5) is 0. The van der Waals surface area contributed by atoms with Crippen molar-refractivity contribution in [3.63, 3.8) is 0 Å². The maximum absolute atomic E-state index is 6.27. The second kappa shape index (κ2) is 5.89. The van der Waals surface area contributed by atoms with E-state index in [4.69, 9.17) is 10.5 Å². The first kappa shape index (κ1) is 13.6. The van der Waals surface area contributed by atoms with Crippen molar-refractivity contribution in [3.05, 3.63) is 47.3 Å². The summed E-state index contributed by atoms with van der Waals surface area (Å²) in [7, 11) is 1.66. The Balaban J connectivity index is 2.12. The maximum atomic E-state index is 6.27. The van der Waals surface area contributed by atoms with Gasteiger partial charge in [-0.2, -0.15) is 5.10 Å². The lowest BCUT2D eigenvalue weighted by Crippen LogP contribution is -2.16. The first-order chi connectivity index (χ1) is 9.13. The Labute approximate surface area is 114 Å². The van der Waals surface area contributed by atoms with Crippen molar-refractivity contribution in [1.82, 2.24) is 9.78 Å². The van der Waals surface area contributed by atoms with Gasteiger partial charge in [-0.3, -0.25) is 4.68 Å². The van der Waals surface area contributed by atoms with Gasteiger partial charge in [-0.15, -0.1) is 0 Å². The monoisotopic (exact) mass is 259 g/mol. The largest absolute Gasteiger partial charge is 0.497 e. The molecule has 0 aliphatic heterocycles. The number of rotatable bonds is 5. The van der Waals surface area contributed by atoms with E-state index in [0.29, 0.717) is 0 Å². The minimum Gasteiger partial charge on any atom is -0.497 e. The zero-order valence-corrected chi connectivity index (χ0v) is 11.8. The molecule has 1 aromatic carbocycles. The van der Waals surface area contributed by atoms with Crippen molar-refractivity contribution in [2.75, 3.05) is 7.11 Å². The molecule has 1 aromatic heterocycles. The van der Waals surface area contributed by atoms with Gasteiger partial charge in [0, 0.05) is 24.7 Å². The van der Waals surface area contributed by atoms with Crippen LogP contribution in [0.2, 0.25) is 0 Å². The summed E-state index contributed by atoms with van der Waals surface area (Å²) in [6, 6.07) is 10.0. The van der Waals surface area contributed by atoms with Crippen molar-refractivity contribution in [2.45, 2.75) is 32.9 Å². The maximum Gasteiger partial charge on any atom is 0.118 e. The molecule has 0 saturated carbocycles. The average molecular weight is 259 g/mol. The van der Waals surface area contributed by atoms with Crippen LogP contribution >= 0.6 is 0 Å². The first-order valence-electron chi connectivity index (χ1n) is 6.57. The zero-order valence-electron chi connectivity index (χ0n) is 11.8. The van der Waals surface area contributed by atoms with Crippen LogP contribution in [0.3, 0.4) is 0 Å². The van der Waals surface area contributed by atoms with Crippen molar-refractivity contribution in [3.8, 4) is 5.75 Å². The van der Waals surface area contributed by atoms with Crippen LogP contribution in [-0.4, -0.2) is 16.9 Å². The van der Waals surface area contributed by atoms with E-state index in [1.165, 1.54) is 5.69 Å². The van der Waals surface area contributed by atoms with E-state index in [9.17, 15) is 0 Å². The normalized spacial score (nSPS) is 12.4. The van der Waals surface area contributed by atoms with Gasteiger partial charge in [-0.05, 0) is 37.6 Å². The quantitative estimate of drug-likeness (QED) is 0.897. The highest BCUT2D eigenvalue weighted by Crippen LogP contribution is 2.19. The van der Waals surface area contributed by atoms with Gasteiger partial charge in [0.05, 0.1) is 12.8 Å². The summed E-state index contributed by atoms with van der Waals surface area (Å²) in [5.41, 5.74) is 9.61. The Kier molecular flexibility index (Phi) is 4.22. The Hall–Kier alpha value is -1.81. The minimum atomic E-state index is -0.0210. The number of aryl methyl sites for hydroxylation is 2. The van der Waals surface area contributed by atoms with Gasteiger partial charge in [0.25, 0.3) is 0 Å². The van der Waals surface area contributed by atoms with Crippen LogP contribution in [0.1, 0.15) is 29.9 Å². The number of methoxy groups -OCH3 is 1. The number of nitrogens with two attached hydrogens (primary N) is 1. The number of hydrogen-bond acceptors (Lipinski definition) is 3. The molecule has 19 heavy (non-hydrogen) atoms. The topological polar surface area (TPSA) is 53.1 Å². The molecule has 1 atom stereocenters.